The third kappa shape index (κ3) is 5.57. The average molecular weight is 269 g/mol. The standard InChI is InChI=1S/C14H23NO4/c1-11-3-5-13(6-4-11)19-8-12(18)7-15-14(2,9-16)10-17/h3-6,12,15-18H,7-10H2,1-2H3. The molecule has 5 nitrogen and oxygen atoms in total. The number of aliphatic hydroxyl groups is 3. The van der Waals surface area contributed by atoms with Crippen molar-refractivity contribution in [1.82, 2.24) is 5.32 Å². The maximum absolute atomic E-state index is 9.77. The molecule has 0 heterocycles. The first-order valence-electron chi connectivity index (χ1n) is 6.33. The zero-order valence-corrected chi connectivity index (χ0v) is 11.5. The van der Waals surface area contributed by atoms with Gasteiger partial charge in [-0.3, -0.25) is 0 Å². The van der Waals surface area contributed by atoms with Crippen molar-refractivity contribution in [2.45, 2.75) is 25.5 Å². The van der Waals surface area contributed by atoms with Crippen molar-refractivity contribution in [3.05, 3.63) is 29.8 Å². The quantitative estimate of drug-likeness (QED) is 0.537. The van der Waals surface area contributed by atoms with Gasteiger partial charge >= 0.3 is 0 Å². The number of aliphatic hydroxyl groups excluding tert-OH is 3. The Morgan fingerprint density at radius 2 is 1.79 bits per heavy atom. The molecule has 0 amide bonds. The van der Waals surface area contributed by atoms with Gasteiger partial charge in [0.25, 0.3) is 0 Å². The Bertz CT molecular complexity index is 362. The molecule has 5 heteroatoms. The van der Waals surface area contributed by atoms with Crippen LogP contribution in [0.25, 0.3) is 0 Å². The van der Waals surface area contributed by atoms with Crippen LogP contribution in [0.3, 0.4) is 0 Å². The molecule has 108 valence electrons. The molecule has 0 saturated heterocycles. The lowest BCUT2D eigenvalue weighted by Crippen LogP contribution is -2.52. The van der Waals surface area contributed by atoms with Gasteiger partial charge in [-0.1, -0.05) is 17.7 Å². The number of nitrogens with one attached hydrogen (secondary N) is 1. The van der Waals surface area contributed by atoms with Gasteiger partial charge in [0.05, 0.1) is 18.8 Å². The molecule has 0 spiro atoms. The van der Waals surface area contributed by atoms with Crippen LogP contribution in [0.4, 0.5) is 0 Å². The summed E-state index contributed by atoms with van der Waals surface area (Å²) in [4.78, 5) is 0. The third-order valence-corrected chi connectivity index (χ3v) is 2.93. The molecule has 1 unspecified atom stereocenters. The molecule has 0 aromatic heterocycles. The Balaban J connectivity index is 2.31. The first kappa shape index (κ1) is 15.9. The number of hydrogen-bond donors (Lipinski definition) is 4. The number of ether oxygens (including phenoxy) is 1. The maximum Gasteiger partial charge on any atom is 0.119 e. The summed E-state index contributed by atoms with van der Waals surface area (Å²) in [6.45, 7) is 3.67. The highest BCUT2D eigenvalue weighted by Gasteiger charge is 2.22. The van der Waals surface area contributed by atoms with E-state index in [-0.39, 0.29) is 26.4 Å². The Hall–Kier alpha value is -1.14. The highest BCUT2D eigenvalue weighted by molar-refractivity contribution is 5.26. The minimum atomic E-state index is -0.787. The van der Waals surface area contributed by atoms with E-state index < -0.39 is 11.6 Å². The summed E-state index contributed by atoms with van der Waals surface area (Å²) in [6, 6.07) is 7.57. The summed E-state index contributed by atoms with van der Waals surface area (Å²) >= 11 is 0. The highest BCUT2D eigenvalue weighted by Crippen LogP contribution is 2.11. The fourth-order valence-electron chi connectivity index (χ4n) is 1.41. The molecule has 0 saturated carbocycles. The minimum Gasteiger partial charge on any atom is -0.491 e. The summed E-state index contributed by atoms with van der Waals surface area (Å²) in [5.41, 5.74) is 0.362. The molecule has 1 atom stereocenters. The molecule has 1 aromatic carbocycles. The van der Waals surface area contributed by atoms with Crippen molar-refractivity contribution in [3.8, 4) is 5.75 Å². The first-order chi connectivity index (χ1) is 8.99. The fourth-order valence-corrected chi connectivity index (χ4v) is 1.41. The van der Waals surface area contributed by atoms with Gasteiger partial charge in [-0.05, 0) is 26.0 Å². The molecule has 19 heavy (non-hydrogen) atoms. The van der Waals surface area contributed by atoms with Crippen LogP contribution in [0, 0.1) is 6.92 Å². The van der Waals surface area contributed by atoms with Crippen molar-refractivity contribution in [2.75, 3.05) is 26.4 Å². The Kier molecular flexibility index (Phi) is 6.24. The number of β-amino-alcohol motifs (C(OH)–C–C–N with tert-alkyl or cyclic N) is 1. The zero-order chi connectivity index (χ0) is 14.3. The SMILES string of the molecule is Cc1ccc(OCC(O)CNC(C)(CO)CO)cc1. The van der Waals surface area contributed by atoms with Crippen LogP contribution in [0.5, 0.6) is 5.75 Å². The van der Waals surface area contributed by atoms with Gasteiger partial charge < -0.3 is 25.4 Å². The molecule has 0 aliphatic heterocycles. The van der Waals surface area contributed by atoms with Gasteiger partial charge in [0.2, 0.25) is 0 Å². The highest BCUT2D eigenvalue weighted by atomic mass is 16.5. The van der Waals surface area contributed by atoms with E-state index in [1.165, 1.54) is 0 Å². The van der Waals surface area contributed by atoms with E-state index in [0.29, 0.717) is 5.75 Å². The van der Waals surface area contributed by atoms with Crippen molar-refractivity contribution in [3.63, 3.8) is 0 Å². The van der Waals surface area contributed by atoms with Crippen LogP contribution < -0.4 is 10.1 Å². The average Bonchev–Trinajstić information content (AvgIpc) is 2.44. The van der Waals surface area contributed by atoms with Crippen molar-refractivity contribution >= 4 is 0 Å². The van der Waals surface area contributed by atoms with E-state index in [0.717, 1.165) is 5.56 Å². The van der Waals surface area contributed by atoms with Crippen LogP contribution >= 0.6 is 0 Å². The molecular weight excluding hydrogens is 246 g/mol. The normalized spacial score (nSPS) is 13.3. The number of aryl methyl sites for hydroxylation is 1. The molecular formula is C14H23NO4. The van der Waals surface area contributed by atoms with Crippen LogP contribution in [-0.4, -0.2) is 53.3 Å². The topological polar surface area (TPSA) is 82.0 Å². The van der Waals surface area contributed by atoms with Crippen LogP contribution in [0.15, 0.2) is 24.3 Å². The van der Waals surface area contributed by atoms with E-state index in [1.54, 1.807) is 6.92 Å². The largest absolute Gasteiger partial charge is 0.491 e. The lowest BCUT2D eigenvalue weighted by atomic mass is 10.1. The molecule has 0 bridgehead atoms. The predicted octanol–water partition coefficient (Wildman–Crippen LogP) is 0.0676. The van der Waals surface area contributed by atoms with E-state index in [1.807, 2.05) is 31.2 Å². The molecule has 0 radical (unpaired) electrons. The summed E-state index contributed by atoms with van der Waals surface area (Å²) in [5.74, 6) is 0.705. The van der Waals surface area contributed by atoms with Crippen molar-refractivity contribution in [1.29, 1.82) is 0 Å². The summed E-state index contributed by atoms with van der Waals surface area (Å²) in [7, 11) is 0. The minimum absolute atomic E-state index is 0.156. The van der Waals surface area contributed by atoms with Gasteiger partial charge in [0.15, 0.2) is 0 Å². The second-order valence-corrected chi connectivity index (χ2v) is 5.04. The summed E-state index contributed by atoms with van der Waals surface area (Å²) < 4.78 is 5.44. The first-order valence-corrected chi connectivity index (χ1v) is 6.33. The van der Waals surface area contributed by atoms with Crippen LogP contribution in [-0.2, 0) is 0 Å². The van der Waals surface area contributed by atoms with Gasteiger partial charge in [0, 0.05) is 6.54 Å². The molecule has 0 aliphatic carbocycles. The summed E-state index contributed by atoms with van der Waals surface area (Å²) in [5, 5.41) is 30.9. The van der Waals surface area contributed by atoms with Gasteiger partial charge in [-0.2, -0.15) is 0 Å². The fraction of sp³-hybridized carbons (Fsp3) is 0.571. The Morgan fingerprint density at radius 3 is 2.32 bits per heavy atom. The van der Waals surface area contributed by atoms with E-state index in [9.17, 15) is 5.11 Å². The lowest BCUT2D eigenvalue weighted by molar-refractivity contribution is 0.0666. The molecule has 1 aromatic rings. The third-order valence-electron chi connectivity index (χ3n) is 2.93. The smallest absolute Gasteiger partial charge is 0.119 e. The zero-order valence-electron chi connectivity index (χ0n) is 11.5. The van der Waals surface area contributed by atoms with E-state index in [2.05, 4.69) is 5.32 Å². The Morgan fingerprint density at radius 1 is 1.21 bits per heavy atom. The molecule has 4 N–H and O–H groups in total. The van der Waals surface area contributed by atoms with E-state index in [4.69, 9.17) is 14.9 Å². The second kappa shape index (κ2) is 7.45. The van der Waals surface area contributed by atoms with E-state index >= 15 is 0 Å². The molecule has 0 fully saturated rings. The van der Waals surface area contributed by atoms with Gasteiger partial charge in [-0.25, -0.2) is 0 Å². The van der Waals surface area contributed by atoms with Crippen molar-refractivity contribution < 1.29 is 20.1 Å². The molecule has 0 aliphatic rings. The Labute approximate surface area is 113 Å². The monoisotopic (exact) mass is 269 g/mol. The van der Waals surface area contributed by atoms with Gasteiger partial charge in [-0.15, -0.1) is 0 Å². The molecule has 1 rings (SSSR count). The number of rotatable bonds is 8. The summed E-state index contributed by atoms with van der Waals surface area (Å²) in [6.07, 6.45) is -0.710. The van der Waals surface area contributed by atoms with Crippen molar-refractivity contribution in [2.24, 2.45) is 0 Å². The van der Waals surface area contributed by atoms with Crippen LogP contribution in [0.1, 0.15) is 12.5 Å². The predicted molar refractivity (Wildman–Crippen MR) is 73.3 cm³/mol. The van der Waals surface area contributed by atoms with Crippen LogP contribution in [0.2, 0.25) is 0 Å². The number of hydrogen-bond acceptors (Lipinski definition) is 5. The van der Waals surface area contributed by atoms with Gasteiger partial charge in [0.1, 0.15) is 18.5 Å². The lowest BCUT2D eigenvalue weighted by Gasteiger charge is -2.27. The number of benzene rings is 1. The maximum atomic E-state index is 9.77. The second-order valence-electron chi connectivity index (χ2n) is 5.04.